The zero-order chi connectivity index (χ0) is 12.3. The third-order valence-corrected chi connectivity index (χ3v) is 2.97. The standard InChI is InChI=1S/C16H17N/c1-3-14(17)11-10-13-9-8-12(2)15-6-4-5-7-16(13)15/h4-9,14H,3,17H2,1-2H3. The highest BCUT2D eigenvalue weighted by Gasteiger charge is 2.00. The van der Waals surface area contributed by atoms with Crippen molar-refractivity contribution in [3.05, 3.63) is 47.5 Å². The molecule has 86 valence electrons. The highest BCUT2D eigenvalue weighted by Crippen LogP contribution is 2.21. The van der Waals surface area contributed by atoms with Crippen molar-refractivity contribution in [3.63, 3.8) is 0 Å². The van der Waals surface area contributed by atoms with Crippen molar-refractivity contribution in [2.45, 2.75) is 26.3 Å². The van der Waals surface area contributed by atoms with E-state index in [1.54, 1.807) is 0 Å². The van der Waals surface area contributed by atoms with Gasteiger partial charge in [0, 0.05) is 5.56 Å². The van der Waals surface area contributed by atoms with Crippen LogP contribution in [-0.4, -0.2) is 6.04 Å². The molecule has 0 bridgehead atoms. The van der Waals surface area contributed by atoms with Gasteiger partial charge in [-0.3, -0.25) is 0 Å². The Bertz CT molecular complexity index is 587. The minimum Gasteiger partial charge on any atom is -0.318 e. The van der Waals surface area contributed by atoms with E-state index in [4.69, 9.17) is 5.73 Å². The number of benzene rings is 2. The molecular weight excluding hydrogens is 206 g/mol. The fourth-order valence-corrected chi connectivity index (χ4v) is 1.83. The van der Waals surface area contributed by atoms with Crippen LogP contribution >= 0.6 is 0 Å². The second kappa shape index (κ2) is 5.03. The monoisotopic (exact) mass is 223 g/mol. The summed E-state index contributed by atoms with van der Waals surface area (Å²) < 4.78 is 0. The summed E-state index contributed by atoms with van der Waals surface area (Å²) in [4.78, 5) is 0. The van der Waals surface area contributed by atoms with Crippen LogP contribution < -0.4 is 5.73 Å². The smallest absolute Gasteiger partial charge is 0.0665 e. The average molecular weight is 223 g/mol. The molecule has 0 heterocycles. The Kier molecular flexibility index (Phi) is 3.46. The van der Waals surface area contributed by atoms with Gasteiger partial charge in [-0.05, 0) is 35.7 Å². The molecule has 0 fully saturated rings. The quantitative estimate of drug-likeness (QED) is 0.738. The number of rotatable bonds is 1. The van der Waals surface area contributed by atoms with E-state index in [-0.39, 0.29) is 6.04 Å². The summed E-state index contributed by atoms with van der Waals surface area (Å²) in [6.07, 6.45) is 0.886. The lowest BCUT2D eigenvalue weighted by Gasteiger charge is -2.04. The molecule has 0 aliphatic carbocycles. The maximum absolute atomic E-state index is 5.82. The van der Waals surface area contributed by atoms with Gasteiger partial charge in [-0.15, -0.1) is 0 Å². The van der Waals surface area contributed by atoms with Crippen molar-refractivity contribution >= 4 is 10.8 Å². The maximum Gasteiger partial charge on any atom is 0.0665 e. The molecular formula is C16H17N. The predicted molar refractivity (Wildman–Crippen MR) is 73.8 cm³/mol. The molecule has 2 aromatic carbocycles. The van der Waals surface area contributed by atoms with Crippen LogP contribution in [0.25, 0.3) is 10.8 Å². The van der Waals surface area contributed by atoms with Gasteiger partial charge in [-0.25, -0.2) is 0 Å². The molecule has 0 aromatic heterocycles. The molecule has 0 aliphatic rings. The van der Waals surface area contributed by atoms with E-state index in [9.17, 15) is 0 Å². The number of nitrogens with two attached hydrogens (primary N) is 1. The van der Waals surface area contributed by atoms with Crippen molar-refractivity contribution in [3.8, 4) is 11.8 Å². The van der Waals surface area contributed by atoms with Crippen molar-refractivity contribution in [1.82, 2.24) is 0 Å². The highest BCUT2D eigenvalue weighted by atomic mass is 14.6. The van der Waals surface area contributed by atoms with Gasteiger partial charge in [0.05, 0.1) is 6.04 Å². The maximum atomic E-state index is 5.82. The summed E-state index contributed by atoms with van der Waals surface area (Å²) in [5.41, 5.74) is 8.17. The van der Waals surface area contributed by atoms with Gasteiger partial charge in [0.15, 0.2) is 0 Å². The summed E-state index contributed by atoms with van der Waals surface area (Å²) in [5.74, 6) is 6.28. The Labute approximate surface area is 103 Å². The lowest BCUT2D eigenvalue weighted by atomic mass is 10.0. The second-order valence-electron chi connectivity index (χ2n) is 4.26. The summed E-state index contributed by atoms with van der Waals surface area (Å²) in [6, 6.07) is 12.5. The largest absolute Gasteiger partial charge is 0.318 e. The fraction of sp³-hybridized carbons (Fsp3) is 0.250. The fourth-order valence-electron chi connectivity index (χ4n) is 1.83. The Morgan fingerprint density at radius 1 is 1.12 bits per heavy atom. The molecule has 2 rings (SSSR count). The van der Waals surface area contributed by atoms with Crippen LogP contribution in [0.1, 0.15) is 24.5 Å². The Morgan fingerprint density at radius 3 is 2.53 bits per heavy atom. The predicted octanol–water partition coefficient (Wildman–Crippen LogP) is 3.24. The first-order chi connectivity index (χ1) is 8.22. The topological polar surface area (TPSA) is 26.0 Å². The molecule has 0 amide bonds. The van der Waals surface area contributed by atoms with Gasteiger partial charge < -0.3 is 5.73 Å². The molecule has 1 unspecified atom stereocenters. The van der Waals surface area contributed by atoms with E-state index >= 15 is 0 Å². The van der Waals surface area contributed by atoms with E-state index in [0.717, 1.165) is 12.0 Å². The third kappa shape index (κ3) is 2.49. The number of aryl methyl sites for hydroxylation is 1. The molecule has 1 nitrogen and oxygen atoms in total. The van der Waals surface area contributed by atoms with Crippen LogP contribution in [0, 0.1) is 18.8 Å². The van der Waals surface area contributed by atoms with Crippen molar-refractivity contribution in [2.75, 3.05) is 0 Å². The minimum atomic E-state index is -0.0323. The van der Waals surface area contributed by atoms with Crippen molar-refractivity contribution < 1.29 is 0 Å². The number of hydrogen-bond acceptors (Lipinski definition) is 1. The highest BCUT2D eigenvalue weighted by molar-refractivity contribution is 5.90. The molecule has 0 aliphatic heterocycles. The normalized spacial score (nSPS) is 11.9. The van der Waals surface area contributed by atoms with Crippen LogP contribution in [0.4, 0.5) is 0 Å². The SMILES string of the molecule is CCC(N)C#Cc1ccc(C)c2ccccc12. The van der Waals surface area contributed by atoms with E-state index in [1.807, 2.05) is 13.0 Å². The number of hydrogen-bond donors (Lipinski definition) is 1. The Morgan fingerprint density at radius 2 is 1.82 bits per heavy atom. The van der Waals surface area contributed by atoms with Gasteiger partial charge in [0.2, 0.25) is 0 Å². The van der Waals surface area contributed by atoms with Gasteiger partial charge in [0.1, 0.15) is 0 Å². The van der Waals surface area contributed by atoms with Gasteiger partial charge in [-0.1, -0.05) is 49.1 Å². The molecule has 1 atom stereocenters. The van der Waals surface area contributed by atoms with E-state index in [1.165, 1.54) is 16.3 Å². The zero-order valence-corrected chi connectivity index (χ0v) is 10.3. The van der Waals surface area contributed by atoms with Crippen molar-refractivity contribution in [2.24, 2.45) is 5.73 Å². The Hall–Kier alpha value is -1.78. The van der Waals surface area contributed by atoms with E-state index in [0.29, 0.717) is 0 Å². The number of fused-ring (bicyclic) bond motifs is 1. The first kappa shape index (κ1) is 11.7. The second-order valence-corrected chi connectivity index (χ2v) is 4.26. The Balaban J connectivity index is 2.54. The zero-order valence-electron chi connectivity index (χ0n) is 10.3. The molecule has 0 radical (unpaired) electrons. The molecule has 0 saturated carbocycles. The molecule has 0 saturated heterocycles. The lowest BCUT2D eigenvalue weighted by molar-refractivity contribution is 0.806. The van der Waals surface area contributed by atoms with Gasteiger partial charge >= 0.3 is 0 Å². The van der Waals surface area contributed by atoms with E-state index < -0.39 is 0 Å². The van der Waals surface area contributed by atoms with Crippen LogP contribution in [0.5, 0.6) is 0 Å². The lowest BCUT2D eigenvalue weighted by Crippen LogP contribution is -2.15. The molecule has 2 aromatic rings. The van der Waals surface area contributed by atoms with Crippen LogP contribution in [0.15, 0.2) is 36.4 Å². The first-order valence-corrected chi connectivity index (χ1v) is 5.98. The molecule has 0 spiro atoms. The summed E-state index contributed by atoms with van der Waals surface area (Å²) in [6.45, 7) is 4.17. The summed E-state index contributed by atoms with van der Waals surface area (Å²) in [5, 5.41) is 2.48. The van der Waals surface area contributed by atoms with Crippen molar-refractivity contribution in [1.29, 1.82) is 0 Å². The molecule has 2 N–H and O–H groups in total. The summed E-state index contributed by atoms with van der Waals surface area (Å²) >= 11 is 0. The first-order valence-electron chi connectivity index (χ1n) is 5.98. The molecule has 1 heteroatoms. The van der Waals surface area contributed by atoms with Crippen LogP contribution in [0.3, 0.4) is 0 Å². The molecule has 17 heavy (non-hydrogen) atoms. The summed E-state index contributed by atoms with van der Waals surface area (Å²) in [7, 11) is 0. The van der Waals surface area contributed by atoms with Gasteiger partial charge in [0.25, 0.3) is 0 Å². The minimum absolute atomic E-state index is 0.0323. The third-order valence-electron chi connectivity index (χ3n) is 2.97. The van der Waals surface area contributed by atoms with Crippen LogP contribution in [0.2, 0.25) is 0 Å². The van der Waals surface area contributed by atoms with Crippen LogP contribution in [-0.2, 0) is 0 Å². The van der Waals surface area contributed by atoms with E-state index in [2.05, 4.69) is 49.1 Å². The van der Waals surface area contributed by atoms with Gasteiger partial charge in [-0.2, -0.15) is 0 Å². The average Bonchev–Trinajstić information content (AvgIpc) is 2.38.